The molecule has 4 rings (SSSR count). The van der Waals surface area contributed by atoms with E-state index in [0.717, 1.165) is 48.1 Å². The smallest absolute Gasteiger partial charge is 0.263 e. The fraction of sp³-hybridized carbons (Fsp3) is 0.600. The Balaban J connectivity index is 1.72. The molecule has 0 fully saturated rings. The quantitative estimate of drug-likeness (QED) is 0.389. The molecule has 0 radical (unpaired) electrons. The second-order valence-electron chi connectivity index (χ2n) is 7.29. The largest absolute Gasteiger partial charge is 0.383 e. The Morgan fingerprint density at radius 2 is 2.14 bits per heavy atom. The second-order valence-corrected chi connectivity index (χ2v) is 9.69. The van der Waals surface area contributed by atoms with Crippen molar-refractivity contribution in [1.29, 1.82) is 0 Å². The van der Waals surface area contributed by atoms with E-state index in [0.29, 0.717) is 24.2 Å². The van der Waals surface area contributed by atoms with Gasteiger partial charge in [-0.25, -0.2) is 4.98 Å². The molecule has 156 valence electrons. The van der Waals surface area contributed by atoms with Crippen molar-refractivity contribution in [3.05, 3.63) is 32.5 Å². The minimum atomic E-state index is -0.0964. The van der Waals surface area contributed by atoms with Gasteiger partial charge < -0.3 is 9.26 Å². The Morgan fingerprint density at radius 3 is 2.93 bits per heavy atom. The average molecular weight is 435 g/mol. The lowest BCUT2D eigenvalue weighted by atomic mass is 9.97. The van der Waals surface area contributed by atoms with Crippen LogP contribution in [0.1, 0.15) is 60.5 Å². The Hall–Kier alpha value is -1.71. The van der Waals surface area contributed by atoms with Crippen molar-refractivity contribution < 1.29 is 9.26 Å². The van der Waals surface area contributed by atoms with Crippen LogP contribution in [-0.2, 0) is 30.5 Å². The van der Waals surface area contributed by atoms with E-state index in [1.54, 1.807) is 23.0 Å². The number of ether oxygens (including phenoxy) is 1. The summed E-state index contributed by atoms with van der Waals surface area (Å²) >= 11 is 3.16. The third kappa shape index (κ3) is 4.13. The van der Waals surface area contributed by atoms with Crippen LogP contribution < -0.4 is 5.56 Å². The molecule has 1 atom stereocenters. The Bertz CT molecular complexity index is 1060. The molecular formula is C20H26N4O3S2. The van der Waals surface area contributed by atoms with Crippen LogP contribution >= 0.6 is 23.1 Å². The fourth-order valence-corrected chi connectivity index (χ4v) is 5.92. The van der Waals surface area contributed by atoms with Crippen LogP contribution in [0.4, 0.5) is 0 Å². The van der Waals surface area contributed by atoms with Crippen molar-refractivity contribution >= 4 is 33.3 Å². The third-order valence-corrected chi connectivity index (χ3v) is 7.41. The number of aryl methyl sites for hydroxylation is 3. The summed E-state index contributed by atoms with van der Waals surface area (Å²) in [5.74, 6) is 1.29. The zero-order valence-corrected chi connectivity index (χ0v) is 18.7. The monoisotopic (exact) mass is 434 g/mol. The van der Waals surface area contributed by atoms with Crippen molar-refractivity contribution in [2.75, 3.05) is 13.7 Å². The van der Waals surface area contributed by atoms with Gasteiger partial charge >= 0.3 is 0 Å². The first-order valence-corrected chi connectivity index (χ1v) is 11.8. The van der Waals surface area contributed by atoms with E-state index in [-0.39, 0.29) is 10.8 Å². The number of hydrogen-bond acceptors (Lipinski definition) is 8. The maximum atomic E-state index is 13.4. The molecule has 29 heavy (non-hydrogen) atoms. The zero-order chi connectivity index (χ0) is 20.4. The van der Waals surface area contributed by atoms with Gasteiger partial charge in [0.05, 0.1) is 23.8 Å². The van der Waals surface area contributed by atoms with Gasteiger partial charge in [-0.1, -0.05) is 23.8 Å². The number of methoxy groups -OCH3 is 1. The lowest BCUT2D eigenvalue weighted by Crippen LogP contribution is -2.25. The number of aromatic nitrogens is 4. The third-order valence-electron chi connectivity index (χ3n) is 5.15. The molecule has 0 spiro atoms. The van der Waals surface area contributed by atoms with Crippen LogP contribution in [0, 0.1) is 0 Å². The summed E-state index contributed by atoms with van der Waals surface area (Å²) in [4.78, 5) is 25.0. The van der Waals surface area contributed by atoms with Gasteiger partial charge in [0.15, 0.2) is 11.0 Å². The van der Waals surface area contributed by atoms with Crippen molar-refractivity contribution in [3.8, 4) is 0 Å². The molecule has 7 nitrogen and oxygen atoms in total. The van der Waals surface area contributed by atoms with Crippen LogP contribution in [0.3, 0.4) is 0 Å². The molecule has 3 heterocycles. The normalized spacial score (nSPS) is 15.0. The first-order valence-electron chi connectivity index (χ1n) is 10.2. The molecule has 0 saturated carbocycles. The van der Waals surface area contributed by atoms with Gasteiger partial charge in [0.25, 0.3) is 5.56 Å². The standard InChI is InChI=1S/C20H26N4O3S2/c1-4-7-15-21-17(27-23-15)12(2)28-20-22-18-16(19(25)24(20)10-11-26-3)13-8-5-6-9-14(13)29-18/h12H,4-11H2,1-3H3. The summed E-state index contributed by atoms with van der Waals surface area (Å²) in [5, 5.41) is 5.44. The summed E-state index contributed by atoms with van der Waals surface area (Å²) in [6.07, 6.45) is 6.12. The van der Waals surface area contributed by atoms with Crippen molar-refractivity contribution in [2.24, 2.45) is 0 Å². The summed E-state index contributed by atoms with van der Waals surface area (Å²) in [6.45, 7) is 5.03. The predicted molar refractivity (Wildman–Crippen MR) is 115 cm³/mol. The van der Waals surface area contributed by atoms with E-state index in [2.05, 4.69) is 17.1 Å². The van der Waals surface area contributed by atoms with E-state index < -0.39 is 0 Å². The number of thioether (sulfide) groups is 1. The first-order chi connectivity index (χ1) is 14.1. The second kappa shape index (κ2) is 8.97. The van der Waals surface area contributed by atoms with E-state index in [9.17, 15) is 4.79 Å². The van der Waals surface area contributed by atoms with E-state index in [1.807, 2.05) is 6.92 Å². The molecule has 0 bridgehead atoms. The Kier molecular flexibility index (Phi) is 6.36. The summed E-state index contributed by atoms with van der Waals surface area (Å²) in [6, 6.07) is 0. The first kappa shape index (κ1) is 20.6. The molecule has 0 saturated heterocycles. The highest BCUT2D eigenvalue weighted by Crippen LogP contribution is 2.37. The minimum absolute atomic E-state index is 0.0401. The summed E-state index contributed by atoms with van der Waals surface area (Å²) in [7, 11) is 1.65. The lowest BCUT2D eigenvalue weighted by Gasteiger charge is -2.14. The van der Waals surface area contributed by atoms with Gasteiger partial charge in [0.2, 0.25) is 5.89 Å². The molecule has 9 heteroatoms. The Labute approximate surface area is 177 Å². The van der Waals surface area contributed by atoms with Gasteiger partial charge in [0, 0.05) is 18.4 Å². The molecule has 1 aliphatic rings. The molecule has 0 aliphatic heterocycles. The molecule has 1 unspecified atom stereocenters. The van der Waals surface area contributed by atoms with Crippen molar-refractivity contribution in [1.82, 2.24) is 19.7 Å². The van der Waals surface area contributed by atoms with Crippen molar-refractivity contribution in [3.63, 3.8) is 0 Å². The molecule has 3 aromatic rings. The van der Waals surface area contributed by atoms with Crippen molar-refractivity contribution in [2.45, 2.75) is 69.3 Å². The SMILES string of the molecule is CCCc1noc(C(C)Sc2nc3sc4c(c3c(=O)n2CCOC)CCCC4)n1. The topological polar surface area (TPSA) is 83.0 Å². The lowest BCUT2D eigenvalue weighted by molar-refractivity contribution is 0.183. The van der Waals surface area contributed by atoms with Gasteiger partial charge in [-0.3, -0.25) is 9.36 Å². The molecular weight excluding hydrogens is 408 g/mol. The molecule has 0 N–H and O–H groups in total. The predicted octanol–water partition coefficient (Wildman–Crippen LogP) is 4.17. The number of thiophene rings is 1. The van der Waals surface area contributed by atoms with Crippen LogP contribution in [0.25, 0.3) is 10.2 Å². The Morgan fingerprint density at radius 1 is 1.31 bits per heavy atom. The number of fused-ring (bicyclic) bond motifs is 3. The van der Waals surface area contributed by atoms with Crippen LogP contribution in [-0.4, -0.2) is 33.4 Å². The number of nitrogens with zero attached hydrogens (tertiary/aromatic N) is 4. The van der Waals surface area contributed by atoms with Gasteiger partial charge in [-0.2, -0.15) is 4.98 Å². The van der Waals surface area contributed by atoms with Gasteiger partial charge in [-0.05, 0) is 44.6 Å². The van der Waals surface area contributed by atoms with Crippen LogP contribution in [0.5, 0.6) is 0 Å². The van der Waals surface area contributed by atoms with E-state index >= 15 is 0 Å². The van der Waals surface area contributed by atoms with Gasteiger partial charge in [-0.15, -0.1) is 11.3 Å². The molecule has 3 aromatic heterocycles. The highest BCUT2D eigenvalue weighted by Gasteiger charge is 2.24. The maximum Gasteiger partial charge on any atom is 0.263 e. The maximum absolute atomic E-state index is 13.4. The van der Waals surface area contributed by atoms with Crippen LogP contribution in [0.15, 0.2) is 14.5 Å². The van der Waals surface area contributed by atoms with Crippen LogP contribution in [0.2, 0.25) is 0 Å². The minimum Gasteiger partial charge on any atom is -0.383 e. The average Bonchev–Trinajstić information content (AvgIpc) is 3.32. The van der Waals surface area contributed by atoms with E-state index in [4.69, 9.17) is 14.2 Å². The molecule has 1 aliphatic carbocycles. The number of hydrogen-bond donors (Lipinski definition) is 0. The summed E-state index contributed by atoms with van der Waals surface area (Å²) < 4.78 is 12.4. The highest BCUT2D eigenvalue weighted by atomic mass is 32.2. The van der Waals surface area contributed by atoms with E-state index in [1.165, 1.54) is 28.6 Å². The highest BCUT2D eigenvalue weighted by molar-refractivity contribution is 7.99. The van der Waals surface area contributed by atoms with Gasteiger partial charge in [0.1, 0.15) is 4.83 Å². The molecule has 0 amide bonds. The number of rotatable bonds is 8. The molecule has 0 aromatic carbocycles. The fourth-order valence-electron chi connectivity index (χ4n) is 3.66. The zero-order valence-electron chi connectivity index (χ0n) is 17.1. The summed E-state index contributed by atoms with van der Waals surface area (Å²) in [5.41, 5.74) is 1.25.